The van der Waals surface area contributed by atoms with Crippen molar-refractivity contribution in [3.63, 3.8) is 0 Å². The Morgan fingerprint density at radius 1 is 1.12 bits per heavy atom. The zero-order chi connectivity index (χ0) is 18.0. The molecule has 3 aliphatic rings. The fourth-order valence-electron chi connectivity index (χ4n) is 3.92. The van der Waals surface area contributed by atoms with Crippen molar-refractivity contribution in [1.82, 2.24) is 15.1 Å². The monoisotopic (exact) mass is 351 g/mol. The van der Waals surface area contributed by atoms with E-state index in [4.69, 9.17) is 4.74 Å². The molecule has 1 N–H and O–H groups in total. The van der Waals surface area contributed by atoms with E-state index in [2.05, 4.69) is 5.32 Å². The minimum atomic E-state index is -0.910. The van der Waals surface area contributed by atoms with E-state index in [1.165, 1.54) is 6.92 Å². The van der Waals surface area contributed by atoms with Gasteiger partial charge in [0.15, 0.2) is 6.10 Å². The van der Waals surface area contributed by atoms with Crippen molar-refractivity contribution >= 4 is 23.8 Å². The average Bonchev–Trinajstić information content (AvgIpc) is 3.16. The summed E-state index contributed by atoms with van der Waals surface area (Å²) in [7, 11) is 0. The topological polar surface area (TPSA) is 96.0 Å². The molecule has 8 heteroatoms. The fourth-order valence-corrected chi connectivity index (χ4v) is 3.92. The molecular formula is C17H25N3O5. The van der Waals surface area contributed by atoms with Crippen molar-refractivity contribution < 1.29 is 23.9 Å². The van der Waals surface area contributed by atoms with Gasteiger partial charge in [0.05, 0.1) is 0 Å². The number of ether oxygens (including phenoxy) is 1. The second-order valence-corrected chi connectivity index (χ2v) is 7.13. The molecule has 0 aromatic heterocycles. The van der Waals surface area contributed by atoms with Crippen LogP contribution >= 0.6 is 0 Å². The van der Waals surface area contributed by atoms with E-state index in [0.717, 1.165) is 37.0 Å². The van der Waals surface area contributed by atoms with Crippen LogP contribution in [0.2, 0.25) is 0 Å². The van der Waals surface area contributed by atoms with Crippen LogP contribution in [0.1, 0.15) is 51.9 Å². The highest BCUT2D eigenvalue weighted by Gasteiger charge is 2.52. The van der Waals surface area contributed by atoms with E-state index >= 15 is 0 Å². The molecule has 1 aliphatic carbocycles. The fraction of sp³-hybridized carbons (Fsp3) is 0.765. The van der Waals surface area contributed by atoms with Crippen LogP contribution in [0.15, 0.2) is 0 Å². The number of rotatable bonds is 4. The molecule has 0 radical (unpaired) electrons. The second kappa shape index (κ2) is 7.01. The second-order valence-electron chi connectivity index (χ2n) is 7.13. The largest absolute Gasteiger partial charge is 0.451 e. The molecular weight excluding hydrogens is 326 g/mol. The Hall–Kier alpha value is -2.12. The molecule has 25 heavy (non-hydrogen) atoms. The molecule has 0 unspecified atom stereocenters. The number of hydrogen-bond donors (Lipinski definition) is 1. The summed E-state index contributed by atoms with van der Waals surface area (Å²) < 4.78 is 5.17. The van der Waals surface area contributed by atoms with Gasteiger partial charge in [-0.05, 0) is 39.0 Å². The highest BCUT2D eigenvalue weighted by Crippen LogP contribution is 2.34. The minimum Gasteiger partial charge on any atom is -0.451 e. The lowest BCUT2D eigenvalue weighted by Gasteiger charge is -2.29. The van der Waals surface area contributed by atoms with Crippen molar-refractivity contribution in [3.05, 3.63) is 0 Å². The Labute approximate surface area is 146 Å². The summed E-state index contributed by atoms with van der Waals surface area (Å²) in [4.78, 5) is 51.6. The number of carbonyl (C=O) groups is 4. The summed E-state index contributed by atoms with van der Waals surface area (Å²) in [6.45, 7) is 2.43. The Morgan fingerprint density at radius 2 is 1.76 bits per heavy atom. The summed E-state index contributed by atoms with van der Waals surface area (Å²) in [5.41, 5.74) is -0.841. The lowest BCUT2D eigenvalue weighted by Crippen LogP contribution is -2.45. The molecule has 2 heterocycles. The van der Waals surface area contributed by atoms with E-state index in [0.29, 0.717) is 25.9 Å². The maximum atomic E-state index is 12.5. The zero-order valence-corrected chi connectivity index (χ0v) is 14.6. The van der Waals surface area contributed by atoms with Gasteiger partial charge in [-0.1, -0.05) is 12.8 Å². The molecule has 0 aromatic rings. The Morgan fingerprint density at radius 3 is 2.40 bits per heavy atom. The number of piperidine rings is 1. The van der Waals surface area contributed by atoms with E-state index in [-0.39, 0.29) is 11.8 Å². The number of nitrogens with zero attached hydrogens (tertiary/aromatic N) is 2. The van der Waals surface area contributed by atoms with Crippen molar-refractivity contribution in [2.45, 2.75) is 63.5 Å². The Kier molecular flexibility index (Phi) is 4.96. The Bertz CT molecular complexity index is 579. The molecule has 2 aliphatic heterocycles. The van der Waals surface area contributed by atoms with Crippen LogP contribution in [0.3, 0.4) is 0 Å². The van der Waals surface area contributed by atoms with Crippen LogP contribution in [0, 0.1) is 0 Å². The first-order valence-electron chi connectivity index (χ1n) is 9.05. The maximum Gasteiger partial charge on any atom is 0.327 e. The van der Waals surface area contributed by atoms with E-state index in [1.807, 2.05) is 0 Å². The molecule has 2 saturated heterocycles. The van der Waals surface area contributed by atoms with Gasteiger partial charge in [-0.15, -0.1) is 0 Å². The molecule has 8 nitrogen and oxygen atoms in total. The van der Waals surface area contributed by atoms with Crippen molar-refractivity contribution in [2.75, 3.05) is 19.6 Å². The summed E-state index contributed by atoms with van der Waals surface area (Å²) in [6.07, 6.45) is 5.07. The van der Waals surface area contributed by atoms with E-state index in [9.17, 15) is 19.2 Å². The number of imide groups is 1. The van der Waals surface area contributed by atoms with E-state index in [1.54, 1.807) is 4.90 Å². The molecule has 138 valence electrons. The third-order valence-electron chi connectivity index (χ3n) is 5.31. The summed E-state index contributed by atoms with van der Waals surface area (Å²) in [6, 6.07) is -0.557. The number of hydrogen-bond acceptors (Lipinski definition) is 5. The third-order valence-corrected chi connectivity index (χ3v) is 5.31. The molecule has 1 atom stereocenters. The molecule has 0 bridgehead atoms. The van der Waals surface area contributed by atoms with Gasteiger partial charge in [-0.2, -0.15) is 0 Å². The van der Waals surface area contributed by atoms with E-state index < -0.39 is 30.2 Å². The lowest BCUT2D eigenvalue weighted by molar-refractivity contribution is -0.160. The van der Waals surface area contributed by atoms with Gasteiger partial charge in [0.25, 0.3) is 11.8 Å². The molecule has 3 rings (SSSR count). The SMILES string of the molecule is C[C@@H](OC(=O)CN1C(=O)NC2(CCCC2)C1=O)C(=O)N1CCCCC1. The predicted molar refractivity (Wildman–Crippen MR) is 87.4 cm³/mol. The lowest BCUT2D eigenvalue weighted by atomic mass is 9.98. The number of carbonyl (C=O) groups excluding carboxylic acids is 4. The van der Waals surface area contributed by atoms with Gasteiger partial charge in [0.2, 0.25) is 0 Å². The molecule has 1 spiro atoms. The van der Waals surface area contributed by atoms with Gasteiger partial charge in [-0.3, -0.25) is 19.3 Å². The Balaban J connectivity index is 1.54. The zero-order valence-electron chi connectivity index (χ0n) is 14.6. The molecule has 0 aromatic carbocycles. The summed E-state index contributed by atoms with van der Waals surface area (Å²) in [5, 5.41) is 2.72. The van der Waals surface area contributed by atoms with Gasteiger partial charge in [0.1, 0.15) is 12.1 Å². The van der Waals surface area contributed by atoms with Gasteiger partial charge in [0, 0.05) is 13.1 Å². The van der Waals surface area contributed by atoms with Gasteiger partial charge < -0.3 is 15.0 Å². The van der Waals surface area contributed by atoms with Crippen LogP contribution < -0.4 is 5.32 Å². The first kappa shape index (κ1) is 17.7. The van der Waals surface area contributed by atoms with Gasteiger partial charge in [-0.25, -0.2) is 4.79 Å². The summed E-state index contributed by atoms with van der Waals surface area (Å²) >= 11 is 0. The number of esters is 1. The molecule has 1 saturated carbocycles. The smallest absolute Gasteiger partial charge is 0.327 e. The van der Waals surface area contributed by atoms with Crippen molar-refractivity contribution in [1.29, 1.82) is 0 Å². The van der Waals surface area contributed by atoms with Crippen LogP contribution in [-0.4, -0.2) is 64.9 Å². The molecule has 3 fully saturated rings. The van der Waals surface area contributed by atoms with Crippen LogP contribution in [0.5, 0.6) is 0 Å². The number of amides is 4. The average molecular weight is 351 g/mol. The van der Waals surface area contributed by atoms with Gasteiger partial charge >= 0.3 is 12.0 Å². The number of nitrogens with one attached hydrogen (secondary N) is 1. The third kappa shape index (κ3) is 3.48. The first-order valence-corrected chi connectivity index (χ1v) is 9.05. The quantitative estimate of drug-likeness (QED) is 0.597. The normalized spacial score (nSPS) is 23.7. The predicted octanol–water partition coefficient (Wildman–Crippen LogP) is 0.795. The van der Waals surface area contributed by atoms with Crippen molar-refractivity contribution in [2.24, 2.45) is 0 Å². The summed E-state index contributed by atoms with van der Waals surface area (Å²) in [5.74, 6) is -1.32. The van der Waals surface area contributed by atoms with Crippen LogP contribution in [0.4, 0.5) is 4.79 Å². The maximum absolute atomic E-state index is 12.5. The van der Waals surface area contributed by atoms with Crippen LogP contribution in [0.25, 0.3) is 0 Å². The number of likely N-dealkylation sites (tertiary alicyclic amines) is 1. The highest BCUT2D eigenvalue weighted by atomic mass is 16.5. The highest BCUT2D eigenvalue weighted by molar-refractivity contribution is 6.08. The standard InChI is InChI=1S/C17H25N3O5/c1-12(14(22)19-9-5-2-6-10-19)25-13(21)11-20-15(23)17(18-16(20)24)7-3-4-8-17/h12H,2-11H2,1H3,(H,18,24)/t12-/m1/s1. The number of urea groups is 1. The molecule has 4 amide bonds. The van der Waals surface area contributed by atoms with Crippen molar-refractivity contribution in [3.8, 4) is 0 Å². The first-order chi connectivity index (χ1) is 11.9. The minimum absolute atomic E-state index is 0.225. The van der Waals surface area contributed by atoms with Crippen LogP contribution in [-0.2, 0) is 19.1 Å².